The van der Waals surface area contributed by atoms with Gasteiger partial charge in [-0.2, -0.15) is 8.42 Å². The minimum atomic E-state index is -4.35. The first kappa shape index (κ1) is 26.0. The molecular formula is C24H21F2N5O4S2. The molecule has 0 bridgehead atoms. The molecule has 0 radical (unpaired) electrons. The first-order chi connectivity index (χ1) is 17.6. The van der Waals surface area contributed by atoms with Gasteiger partial charge < -0.3 is 10.2 Å². The molecule has 4 rings (SSSR count). The number of carbonyl (C=O) groups excluding carboxylic acids is 2. The summed E-state index contributed by atoms with van der Waals surface area (Å²) >= 11 is 1.43. The van der Waals surface area contributed by atoms with E-state index in [-0.39, 0.29) is 17.7 Å². The number of carbonyl (C=O) groups is 2. The standard InChI is InChI=1S/C24H21F2N5O4S2/c1-31(19-7-8-22-20(13-19)27-14-36-22)23(32)21(11-15-9-16(25)12-17(26)10-15)28-24(33)30-37(34,35)29-18-5-3-2-4-6-18/h2-10,12-14,21,29H,11H2,1H3,(H2,28,30,33)/t21-/m0/s1. The van der Waals surface area contributed by atoms with E-state index in [1.54, 1.807) is 46.6 Å². The molecule has 3 amide bonds. The van der Waals surface area contributed by atoms with Crippen LogP contribution in [0, 0.1) is 11.6 Å². The number of aromatic nitrogens is 1. The van der Waals surface area contributed by atoms with Gasteiger partial charge in [-0.25, -0.2) is 23.3 Å². The number of amides is 3. The van der Waals surface area contributed by atoms with Gasteiger partial charge in [-0.3, -0.25) is 9.52 Å². The van der Waals surface area contributed by atoms with Gasteiger partial charge in [0.05, 0.1) is 21.4 Å². The number of thiazole rings is 1. The van der Waals surface area contributed by atoms with E-state index in [0.29, 0.717) is 17.3 Å². The summed E-state index contributed by atoms with van der Waals surface area (Å²) in [4.78, 5) is 31.5. The summed E-state index contributed by atoms with van der Waals surface area (Å²) in [7, 11) is -2.89. The van der Waals surface area contributed by atoms with Crippen molar-refractivity contribution in [3.05, 3.63) is 89.4 Å². The second kappa shape index (κ2) is 10.9. The number of benzene rings is 3. The van der Waals surface area contributed by atoms with Crippen molar-refractivity contribution in [3.8, 4) is 0 Å². The third-order valence-corrected chi connectivity index (χ3v) is 7.02. The molecular weight excluding hydrogens is 524 g/mol. The lowest BCUT2D eigenvalue weighted by Gasteiger charge is -2.25. The van der Waals surface area contributed by atoms with Crippen LogP contribution >= 0.6 is 11.3 Å². The molecule has 0 aliphatic rings. The van der Waals surface area contributed by atoms with Crippen LogP contribution in [0.15, 0.2) is 72.2 Å². The summed E-state index contributed by atoms with van der Waals surface area (Å²) in [6, 6.07) is 13.2. The molecule has 13 heteroatoms. The van der Waals surface area contributed by atoms with Crippen molar-refractivity contribution in [1.29, 1.82) is 0 Å². The van der Waals surface area contributed by atoms with E-state index in [4.69, 9.17) is 0 Å². The molecule has 4 aromatic rings. The number of halogens is 2. The number of nitrogens with zero attached hydrogens (tertiary/aromatic N) is 2. The summed E-state index contributed by atoms with van der Waals surface area (Å²) in [5.41, 5.74) is 3.08. The van der Waals surface area contributed by atoms with Gasteiger partial charge in [-0.05, 0) is 48.0 Å². The Kier molecular flexibility index (Phi) is 7.64. The molecule has 0 aliphatic heterocycles. The van der Waals surface area contributed by atoms with E-state index >= 15 is 0 Å². The second-order valence-corrected chi connectivity index (χ2v) is 10.3. The number of urea groups is 1. The first-order valence-electron chi connectivity index (χ1n) is 10.8. The van der Waals surface area contributed by atoms with Crippen molar-refractivity contribution in [2.24, 2.45) is 0 Å². The fourth-order valence-corrected chi connectivity index (χ4v) is 5.04. The molecule has 0 unspecified atom stereocenters. The van der Waals surface area contributed by atoms with Crippen LogP contribution in [-0.4, -0.2) is 38.4 Å². The third-order valence-electron chi connectivity index (χ3n) is 5.25. The van der Waals surface area contributed by atoms with E-state index in [2.05, 4.69) is 15.0 Å². The van der Waals surface area contributed by atoms with Crippen molar-refractivity contribution in [3.63, 3.8) is 0 Å². The lowest BCUT2D eigenvalue weighted by Crippen LogP contribution is -2.53. The Morgan fingerprint density at radius 1 is 1.03 bits per heavy atom. The van der Waals surface area contributed by atoms with Crippen molar-refractivity contribution < 1.29 is 26.8 Å². The third kappa shape index (κ3) is 6.77. The van der Waals surface area contributed by atoms with Crippen LogP contribution in [-0.2, 0) is 21.4 Å². The normalized spacial score (nSPS) is 12.1. The van der Waals surface area contributed by atoms with Crippen LogP contribution in [0.25, 0.3) is 10.2 Å². The van der Waals surface area contributed by atoms with Gasteiger partial charge >= 0.3 is 16.2 Å². The Bertz CT molecular complexity index is 1530. The largest absolute Gasteiger partial charge is 0.330 e. The van der Waals surface area contributed by atoms with Crippen molar-refractivity contribution in [2.75, 3.05) is 16.7 Å². The fraction of sp³-hybridized carbons (Fsp3) is 0.125. The zero-order chi connectivity index (χ0) is 26.6. The quantitative estimate of drug-likeness (QED) is 0.311. The number of rotatable bonds is 8. The molecule has 9 nitrogen and oxygen atoms in total. The molecule has 0 fully saturated rings. The van der Waals surface area contributed by atoms with Gasteiger partial charge in [0.25, 0.3) is 0 Å². The molecule has 37 heavy (non-hydrogen) atoms. The zero-order valence-electron chi connectivity index (χ0n) is 19.3. The highest BCUT2D eigenvalue weighted by atomic mass is 32.2. The van der Waals surface area contributed by atoms with Crippen LogP contribution in [0.5, 0.6) is 0 Å². The van der Waals surface area contributed by atoms with E-state index in [1.807, 2.05) is 0 Å². The van der Waals surface area contributed by atoms with Gasteiger partial charge in [0, 0.05) is 25.2 Å². The predicted octanol–water partition coefficient (Wildman–Crippen LogP) is 3.80. The Morgan fingerprint density at radius 2 is 1.73 bits per heavy atom. The van der Waals surface area contributed by atoms with Gasteiger partial charge in [0.2, 0.25) is 5.91 Å². The maximum absolute atomic E-state index is 13.8. The summed E-state index contributed by atoms with van der Waals surface area (Å²) < 4.78 is 57.2. The highest BCUT2D eigenvalue weighted by Crippen LogP contribution is 2.24. The van der Waals surface area contributed by atoms with Crippen LogP contribution < -0.4 is 19.7 Å². The fourth-order valence-electron chi connectivity index (χ4n) is 3.58. The smallest absolute Gasteiger partial charge is 0.325 e. The highest BCUT2D eigenvalue weighted by Gasteiger charge is 2.27. The van der Waals surface area contributed by atoms with Gasteiger partial charge in [0.15, 0.2) is 0 Å². The minimum Gasteiger partial charge on any atom is -0.325 e. The minimum absolute atomic E-state index is 0.0878. The molecule has 3 aromatic carbocycles. The lowest BCUT2D eigenvalue weighted by molar-refractivity contribution is -0.120. The van der Waals surface area contributed by atoms with Crippen LogP contribution in [0.1, 0.15) is 5.56 Å². The lowest BCUT2D eigenvalue weighted by atomic mass is 10.0. The predicted molar refractivity (Wildman–Crippen MR) is 138 cm³/mol. The van der Waals surface area contributed by atoms with E-state index < -0.39 is 39.8 Å². The maximum atomic E-state index is 13.8. The molecule has 1 atom stereocenters. The van der Waals surface area contributed by atoms with Crippen LogP contribution in [0.4, 0.5) is 25.0 Å². The molecule has 3 N–H and O–H groups in total. The van der Waals surface area contributed by atoms with E-state index in [1.165, 1.54) is 35.4 Å². The Hall–Kier alpha value is -4.10. The Balaban J connectivity index is 1.55. The monoisotopic (exact) mass is 545 g/mol. The topological polar surface area (TPSA) is 121 Å². The van der Waals surface area contributed by atoms with Gasteiger partial charge in [0.1, 0.15) is 17.7 Å². The van der Waals surface area contributed by atoms with Crippen molar-refractivity contribution >= 4 is 55.1 Å². The van der Waals surface area contributed by atoms with Crippen molar-refractivity contribution in [2.45, 2.75) is 12.5 Å². The molecule has 1 heterocycles. The SMILES string of the molecule is CN(C(=O)[C@H](Cc1cc(F)cc(F)c1)NC(=O)NS(=O)(=O)Nc1ccccc1)c1ccc2scnc2c1. The Labute approximate surface area is 215 Å². The highest BCUT2D eigenvalue weighted by molar-refractivity contribution is 7.91. The zero-order valence-corrected chi connectivity index (χ0v) is 20.9. The number of anilines is 2. The number of fused-ring (bicyclic) bond motifs is 1. The summed E-state index contributed by atoms with van der Waals surface area (Å²) in [6.07, 6.45) is -0.309. The number of hydrogen-bond acceptors (Lipinski definition) is 6. The number of para-hydroxylation sites is 1. The van der Waals surface area contributed by atoms with Gasteiger partial charge in [-0.15, -0.1) is 11.3 Å². The number of likely N-dealkylation sites (N-methyl/N-ethyl adjacent to an activating group) is 1. The van der Waals surface area contributed by atoms with Crippen molar-refractivity contribution in [1.82, 2.24) is 15.0 Å². The molecule has 0 saturated carbocycles. The van der Waals surface area contributed by atoms with Crippen LogP contribution in [0.2, 0.25) is 0 Å². The molecule has 0 aliphatic carbocycles. The van der Waals surface area contributed by atoms with Gasteiger partial charge in [-0.1, -0.05) is 18.2 Å². The van der Waals surface area contributed by atoms with E-state index in [9.17, 15) is 26.8 Å². The first-order valence-corrected chi connectivity index (χ1v) is 13.2. The summed E-state index contributed by atoms with van der Waals surface area (Å²) in [5.74, 6) is -2.37. The molecule has 192 valence electrons. The van der Waals surface area contributed by atoms with E-state index in [0.717, 1.165) is 16.8 Å². The molecule has 0 saturated heterocycles. The summed E-state index contributed by atoms with van der Waals surface area (Å²) in [6.45, 7) is 0. The maximum Gasteiger partial charge on any atom is 0.330 e. The average Bonchev–Trinajstić information content (AvgIpc) is 3.30. The number of hydrogen-bond donors (Lipinski definition) is 3. The van der Waals surface area contributed by atoms with Crippen LogP contribution in [0.3, 0.4) is 0 Å². The second-order valence-electron chi connectivity index (χ2n) is 7.98. The summed E-state index contributed by atoms with van der Waals surface area (Å²) in [5, 5.41) is 2.31. The molecule has 1 aromatic heterocycles. The average molecular weight is 546 g/mol. The Morgan fingerprint density at radius 3 is 2.43 bits per heavy atom. The number of nitrogens with one attached hydrogen (secondary N) is 3. The molecule has 0 spiro atoms.